The molecule has 0 unspecified atom stereocenters. The lowest BCUT2D eigenvalue weighted by atomic mass is 9.49. The molecule has 0 aliphatic carbocycles. The molecular formula is C19H14B2N4O2. The molecule has 8 heteroatoms. The fraction of sp³-hybridized carbons (Fsp3) is 0.158. The van der Waals surface area contributed by atoms with Gasteiger partial charge in [0.2, 0.25) is 0 Å². The van der Waals surface area contributed by atoms with Gasteiger partial charge in [-0.2, -0.15) is 5.26 Å². The van der Waals surface area contributed by atoms with Crippen LogP contribution >= 0.6 is 0 Å². The van der Waals surface area contributed by atoms with Crippen molar-refractivity contribution in [3.63, 3.8) is 0 Å². The highest BCUT2D eigenvalue weighted by Gasteiger charge is 2.26. The Bertz CT molecular complexity index is 1000. The number of hydrogen-bond acceptors (Lipinski definition) is 6. The molecule has 1 aromatic carbocycles. The Balaban J connectivity index is 2.09. The van der Waals surface area contributed by atoms with Crippen LogP contribution in [-0.2, 0) is 11.8 Å². The summed E-state index contributed by atoms with van der Waals surface area (Å²) in [5, 5.41) is 16.8. The summed E-state index contributed by atoms with van der Waals surface area (Å²) in [7, 11) is 14.2. The molecule has 1 N–H and O–H groups in total. The summed E-state index contributed by atoms with van der Waals surface area (Å²) in [6.07, 6.45) is 2.92. The van der Waals surface area contributed by atoms with E-state index in [1.54, 1.807) is 30.3 Å². The summed E-state index contributed by atoms with van der Waals surface area (Å²) >= 11 is 0. The van der Waals surface area contributed by atoms with Gasteiger partial charge in [0.1, 0.15) is 18.1 Å². The lowest BCUT2D eigenvalue weighted by Crippen LogP contribution is -2.30. The quantitative estimate of drug-likeness (QED) is 0.699. The highest BCUT2D eigenvalue weighted by atomic mass is 16.5. The molecule has 0 spiro atoms. The Morgan fingerprint density at radius 1 is 1.19 bits per heavy atom. The van der Waals surface area contributed by atoms with Crippen molar-refractivity contribution in [2.24, 2.45) is 0 Å². The molecule has 2 heterocycles. The highest BCUT2D eigenvalue weighted by Crippen LogP contribution is 2.32. The van der Waals surface area contributed by atoms with Gasteiger partial charge < -0.3 is 9.84 Å². The number of methoxy groups -OCH3 is 1. The zero-order valence-electron chi connectivity index (χ0n) is 14.6. The second-order valence-corrected chi connectivity index (χ2v) is 5.86. The van der Waals surface area contributed by atoms with E-state index in [1.165, 1.54) is 19.5 Å². The average Bonchev–Trinajstić information content (AvgIpc) is 2.73. The number of aliphatic hydroxyl groups excluding tert-OH is 1. The molecule has 0 saturated carbocycles. The van der Waals surface area contributed by atoms with Crippen LogP contribution in [0.1, 0.15) is 22.6 Å². The summed E-state index contributed by atoms with van der Waals surface area (Å²) in [5.74, 6) is 0.794. The molecule has 0 bridgehead atoms. The third kappa shape index (κ3) is 3.69. The largest absolute Gasteiger partial charge is 0.494 e. The molecule has 2 aromatic heterocycles. The van der Waals surface area contributed by atoms with Gasteiger partial charge in [0, 0.05) is 23.7 Å². The first-order valence-corrected chi connectivity index (χ1v) is 8.05. The number of aromatic nitrogens is 3. The van der Waals surface area contributed by atoms with Gasteiger partial charge >= 0.3 is 0 Å². The average molecular weight is 352 g/mol. The third-order valence-electron chi connectivity index (χ3n) is 4.09. The number of benzene rings is 1. The lowest BCUT2D eigenvalue weighted by molar-refractivity contribution is 0.271. The standard InChI is InChI=1S/C19H14B2N4O2/c1-27-15-5-6-16(19(20,21)14-9-23-17(11-26)24-10-14)25-18(15)13-4-2-3-12(7-13)8-22/h2-7,9-10,26H,11H2,1H3. The van der Waals surface area contributed by atoms with Crippen molar-refractivity contribution in [2.45, 2.75) is 11.8 Å². The van der Waals surface area contributed by atoms with E-state index in [1.807, 2.05) is 6.07 Å². The van der Waals surface area contributed by atoms with Gasteiger partial charge in [-0.05, 0) is 35.0 Å². The Morgan fingerprint density at radius 2 is 1.93 bits per heavy atom. The zero-order valence-corrected chi connectivity index (χ0v) is 14.6. The van der Waals surface area contributed by atoms with E-state index in [2.05, 4.69) is 21.0 Å². The van der Waals surface area contributed by atoms with Crippen LogP contribution in [0.5, 0.6) is 5.75 Å². The topological polar surface area (TPSA) is 91.9 Å². The minimum Gasteiger partial charge on any atom is -0.494 e. The van der Waals surface area contributed by atoms with E-state index in [-0.39, 0.29) is 12.4 Å². The Hall–Kier alpha value is -3.17. The van der Waals surface area contributed by atoms with Gasteiger partial charge in [-0.1, -0.05) is 12.1 Å². The smallest absolute Gasteiger partial charge is 0.153 e. The number of aliphatic hydroxyl groups is 1. The van der Waals surface area contributed by atoms with Gasteiger partial charge in [0.25, 0.3) is 0 Å². The molecule has 27 heavy (non-hydrogen) atoms. The van der Waals surface area contributed by atoms with Crippen molar-refractivity contribution in [1.29, 1.82) is 5.26 Å². The van der Waals surface area contributed by atoms with Crippen LogP contribution in [0.15, 0.2) is 48.8 Å². The van der Waals surface area contributed by atoms with E-state index in [9.17, 15) is 0 Å². The Morgan fingerprint density at radius 3 is 2.56 bits per heavy atom. The maximum atomic E-state index is 9.14. The molecule has 128 valence electrons. The van der Waals surface area contributed by atoms with E-state index >= 15 is 0 Å². The molecule has 0 aliphatic rings. The summed E-state index contributed by atoms with van der Waals surface area (Å²) in [6, 6.07) is 12.5. The van der Waals surface area contributed by atoms with Crippen LogP contribution in [0.25, 0.3) is 11.3 Å². The lowest BCUT2D eigenvalue weighted by Gasteiger charge is -2.26. The molecule has 0 atom stereocenters. The summed E-state index contributed by atoms with van der Waals surface area (Å²) in [4.78, 5) is 12.6. The van der Waals surface area contributed by atoms with Crippen LogP contribution < -0.4 is 4.74 Å². The van der Waals surface area contributed by atoms with Gasteiger partial charge in [0.05, 0.1) is 34.4 Å². The van der Waals surface area contributed by atoms with Crippen molar-refractivity contribution in [3.05, 3.63) is 71.4 Å². The summed E-state index contributed by atoms with van der Waals surface area (Å²) < 4.78 is 5.40. The van der Waals surface area contributed by atoms with Crippen LogP contribution in [-0.4, -0.2) is 42.9 Å². The minimum atomic E-state index is -1.46. The Labute approximate surface area is 159 Å². The second-order valence-electron chi connectivity index (χ2n) is 5.86. The number of hydrogen-bond donors (Lipinski definition) is 1. The first-order chi connectivity index (χ1) is 13.0. The van der Waals surface area contributed by atoms with Crippen molar-refractivity contribution >= 4 is 15.7 Å². The SMILES string of the molecule is [B]C([B])(c1cnc(CO)nc1)c1ccc(OC)c(-c2cccc(C#N)c2)n1. The van der Waals surface area contributed by atoms with Crippen LogP contribution in [0, 0.1) is 11.3 Å². The van der Waals surface area contributed by atoms with Crippen LogP contribution in [0.4, 0.5) is 0 Å². The first kappa shape index (κ1) is 18.6. The molecule has 0 fully saturated rings. The summed E-state index contributed by atoms with van der Waals surface area (Å²) in [5.41, 5.74) is 2.53. The van der Waals surface area contributed by atoms with Crippen LogP contribution in [0.3, 0.4) is 0 Å². The molecule has 4 radical (unpaired) electrons. The van der Waals surface area contributed by atoms with Gasteiger partial charge in [-0.3, -0.25) is 0 Å². The number of pyridine rings is 1. The van der Waals surface area contributed by atoms with Crippen molar-refractivity contribution in [1.82, 2.24) is 15.0 Å². The number of ether oxygens (including phenoxy) is 1. The number of nitrogens with zero attached hydrogens (tertiary/aromatic N) is 4. The normalized spacial score (nSPS) is 11.0. The maximum absolute atomic E-state index is 9.14. The predicted octanol–water partition coefficient (Wildman–Crippen LogP) is 1.45. The minimum absolute atomic E-state index is 0.270. The van der Waals surface area contributed by atoms with Crippen molar-refractivity contribution < 1.29 is 9.84 Å². The van der Waals surface area contributed by atoms with E-state index in [0.29, 0.717) is 33.8 Å². The van der Waals surface area contributed by atoms with Gasteiger partial charge in [0.15, 0.2) is 5.82 Å². The molecule has 0 amide bonds. The van der Waals surface area contributed by atoms with Gasteiger partial charge in [-0.15, -0.1) is 0 Å². The second kappa shape index (κ2) is 7.60. The summed E-state index contributed by atoms with van der Waals surface area (Å²) in [6.45, 7) is -0.275. The van der Waals surface area contributed by atoms with Gasteiger partial charge in [-0.25, -0.2) is 15.0 Å². The van der Waals surface area contributed by atoms with Crippen LogP contribution in [0.2, 0.25) is 0 Å². The van der Waals surface area contributed by atoms with Crippen molar-refractivity contribution in [2.75, 3.05) is 7.11 Å². The molecular weight excluding hydrogens is 338 g/mol. The zero-order chi connectivity index (χ0) is 19.4. The molecule has 3 aromatic rings. The third-order valence-corrected chi connectivity index (χ3v) is 4.09. The maximum Gasteiger partial charge on any atom is 0.153 e. The number of nitriles is 1. The van der Waals surface area contributed by atoms with E-state index in [4.69, 9.17) is 30.8 Å². The fourth-order valence-electron chi connectivity index (χ4n) is 2.58. The van der Waals surface area contributed by atoms with E-state index in [0.717, 1.165) is 0 Å². The van der Waals surface area contributed by atoms with E-state index < -0.39 is 5.21 Å². The first-order valence-electron chi connectivity index (χ1n) is 8.05. The van der Waals surface area contributed by atoms with Crippen molar-refractivity contribution in [3.8, 4) is 23.1 Å². The molecule has 6 nitrogen and oxygen atoms in total. The monoisotopic (exact) mass is 352 g/mol. The highest BCUT2D eigenvalue weighted by molar-refractivity contribution is 6.42. The fourth-order valence-corrected chi connectivity index (χ4v) is 2.58. The number of rotatable bonds is 5. The predicted molar refractivity (Wildman–Crippen MR) is 101 cm³/mol. The molecule has 0 aliphatic heterocycles. The molecule has 0 saturated heterocycles. The molecule has 3 rings (SSSR count). The Kier molecular flexibility index (Phi) is 5.24.